The lowest BCUT2D eigenvalue weighted by atomic mass is 10.1. The molecule has 0 aliphatic carbocycles. The van der Waals surface area contributed by atoms with Crippen molar-refractivity contribution >= 4 is 11.6 Å². The number of carbonyl (C=O) groups excluding carboxylic acids is 1. The lowest BCUT2D eigenvalue weighted by Gasteiger charge is -2.28. The van der Waals surface area contributed by atoms with Crippen molar-refractivity contribution in [2.45, 2.75) is 6.10 Å². The summed E-state index contributed by atoms with van der Waals surface area (Å²) >= 11 is 0. The lowest BCUT2D eigenvalue weighted by molar-refractivity contribution is -0.384. The van der Waals surface area contributed by atoms with Gasteiger partial charge in [0.15, 0.2) is 0 Å². The number of morpholine rings is 1. The first-order valence-electron chi connectivity index (χ1n) is 6.50. The normalized spacial score (nSPS) is 18.3. The Kier molecular flexibility index (Phi) is 4.81. The second-order valence-electron chi connectivity index (χ2n) is 4.80. The highest BCUT2D eigenvalue weighted by Crippen LogP contribution is 2.18. The highest BCUT2D eigenvalue weighted by Gasteiger charge is 2.23. The topological polar surface area (TPSA) is 84.7 Å². The van der Waals surface area contributed by atoms with Gasteiger partial charge in [0.2, 0.25) is 0 Å². The number of benzene rings is 1. The molecule has 1 amide bonds. The third-order valence-corrected chi connectivity index (χ3v) is 3.22. The van der Waals surface area contributed by atoms with Gasteiger partial charge < -0.3 is 15.0 Å². The molecule has 1 unspecified atom stereocenters. The monoisotopic (exact) mass is 297 g/mol. The molecule has 1 aromatic carbocycles. The molecule has 1 aliphatic heterocycles. The number of nitro groups is 1. The van der Waals surface area contributed by atoms with Crippen LogP contribution in [0.2, 0.25) is 0 Å². The van der Waals surface area contributed by atoms with Crippen LogP contribution in [0.25, 0.3) is 0 Å². The molecular formula is C13H16FN3O4. The molecule has 21 heavy (non-hydrogen) atoms. The Hall–Kier alpha value is -2.06. The van der Waals surface area contributed by atoms with Gasteiger partial charge in [-0.1, -0.05) is 0 Å². The number of hydrogen-bond donors (Lipinski definition) is 1. The van der Waals surface area contributed by atoms with E-state index >= 15 is 0 Å². The fourth-order valence-electron chi connectivity index (χ4n) is 2.12. The maximum atomic E-state index is 13.7. The lowest BCUT2D eigenvalue weighted by Crippen LogP contribution is -2.45. The molecular weight excluding hydrogens is 281 g/mol. The molecule has 1 fully saturated rings. The first-order chi connectivity index (χ1) is 9.99. The maximum Gasteiger partial charge on any atom is 0.270 e. The number of non-ortho nitro benzene ring substituents is 1. The molecule has 0 spiro atoms. The van der Waals surface area contributed by atoms with E-state index in [9.17, 15) is 19.3 Å². The Morgan fingerprint density at radius 3 is 3.00 bits per heavy atom. The van der Waals surface area contributed by atoms with E-state index in [2.05, 4.69) is 5.32 Å². The van der Waals surface area contributed by atoms with Gasteiger partial charge >= 0.3 is 0 Å². The fraction of sp³-hybridized carbons (Fsp3) is 0.462. The number of halogens is 1. The summed E-state index contributed by atoms with van der Waals surface area (Å²) in [7, 11) is 1.51. The largest absolute Gasteiger partial charge is 0.374 e. The first kappa shape index (κ1) is 15.3. The van der Waals surface area contributed by atoms with Gasteiger partial charge in [-0.15, -0.1) is 0 Å². The Balaban J connectivity index is 2.10. The Morgan fingerprint density at radius 1 is 1.62 bits per heavy atom. The molecule has 2 rings (SSSR count). The number of nitrogens with one attached hydrogen (secondary N) is 1. The van der Waals surface area contributed by atoms with Crippen LogP contribution in [-0.4, -0.2) is 55.1 Å². The van der Waals surface area contributed by atoms with Gasteiger partial charge in [-0.05, 0) is 6.07 Å². The number of likely N-dealkylation sites (N-methyl/N-ethyl adjacent to an activating group) is 1. The summed E-state index contributed by atoms with van der Waals surface area (Å²) in [5.41, 5.74) is -0.626. The van der Waals surface area contributed by atoms with Crippen LogP contribution in [0.4, 0.5) is 10.1 Å². The molecule has 7 nitrogen and oxygen atoms in total. The van der Waals surface area contributed by atoms with Crippen molar-refractivity contribution in [3.05, 3.63) is 39.7 Å². The molecule has 1 heterocycles. The number of nitrogens with zero attached hydrogens (tertiary/aromatic N) is 2. The predicted molar refractivity (Wildman–Crippen MR) is 72.6 cm³/mol. The number of rotatable bonds is 4. The van der Waals surface area contributed by atoms with Crippen LogP contribution < -0.4 is 5.32 Å². The Morgan fingerprint density at radius 2 is 2.38 bits per heavy atom. The van der Waals surface area contributed by atoms with Gasteiger partial charge in [-0.3, -0.25) is 14.9 Å². The van der Waals surface area contributed by atoms with Gasteiger partial charge in [-0.2, -0.15) is 0 Å². The zero-order valence-electron chi connectivity index (χ0n) is 11.5. The van der Waals surface area contributed by atoms with Crippen molar-refractivity contribution in [1.29, 1.82) is 0 Å². The summed E-state index contributed by atoms with van der Waals surface area (Å²) in [6, 6.07) is 2.91. The summed E-state index contributed by atoms with van der Waals surface area (Å²) in [4.78, 5) is 23.5. The molecule has 0 saturated carbocycles. The van der Waals surface area contributed by atoms with Crippen LogP contribution in [0.3, 0.4) is 0 Å². The fourth-order valence-corrected chi connectivity index (χ4v) is 2.12. The number of amides is 1. The minimum Gasteiger partial charge on any atom is -0.374 e. The molecule has 0 aromatic heterocycles. The van der Waals surface area contributed by atoms with E-state index in [1.807, 2.05) is 0 Å². The highest BCUT2D eigenvalue weighted by atomic mass is 19.1. The van der Waals surface area contributed by atoms with E-state index in [0.29, 0.717) is 13.2 Å². The smallest absolute Gasteiger partial charge is 0.270 e. The van der Waals surface area contributed by atoms with Gasteiger partial charge in [0.25, 0.3) is 11.6 Å². The van der Waals surface area contributed by atoms with Crippen molar-refractivity contribution in [1.82, 2.24) is 10.2 Å². The van der Waals surface area contributed by atoms with E-state index in [1.165, 1.54) is 11.9 Å². The zero-order valence-corrected chi connectivity index (χ0v) is 11.5. The van der Waals surface area contributed by atoms with Crippen LogP contribution in [0, 0.1) is 15.9 Å². The van der Waals surface area contributed by atoms with E-state index in [0.717, 1.165) is 24.7 Å². The molecule has 1 aliphatic rings. The summed E-state index contributed by atoms with van der Waals surface area (Å²) in [6.45, 7) is 2.20. The summed E-state index contributed by atoms with van der Waals surface area (Å²) in [5, 5.41) is 13.8. The van der Waals surface area contributed by atoms with Crippen molar-refractivity contribution < 1.29 is 18.8 Å². The van der Waals surface area contributed by atoms with Crippen LogP contribution in [0.15, 0.2) is 18.2 Å². The van der Waals surface area contributed by atoms with Crippen LogP contribution in [0.5, 0.6) is 0 Å². The number of hydrogen-bond acceptors (Lipinski definition) is 5. The Labute approximate surface area is 120 Å². The third kappa shape index (κ3) is 3.73. The molecule has 1 atom stereocenters. The van der Waals surface area contributed by atoms with Crippen LogP contribution in [0.1, 0.15) is 10.4 Å². The van der Waals surface area contributed by atoms with Gasteiger partial charge in [0, 0.05) is 38.8 Å². The van der Waals surface area contributed by atoms with Crippen molar-refractivity contribution in [3.63, 3.8) is 0 Å². The third-order valence-electron chi connectivity index (χ3n) is 3.22. The van der Waals surface area contributed by atoms with E-state index in [-0.39, 0.29) is 23.9 Å². The molecule has 114 valence electrons. The van der Waals surface area contributed by atoms with E-state index in [1.54, 1.807) is 0 Å². The summed E-state index contributed by atoms with van der Waals surface area (Å²) in [6.07, 6.45) is -0.172. The highest BCUT2D eigenvalue weighted by molar-refractivity contribution is 5.95. The number of carbonyl (C=O) groups is 1. The molecule has 1 aromatic rings. The van der Waals surface area contributed by atoms with Gasteiger partial charge in [-0.25, -0.2) is 4.39 Å². The van der Waals surface area contributed by atoms with E-state index in [4.69, 9.17) is 4.74 Å². The Bertz CT molecular complexity index is 546. The van der Waals surface area contributed by atoms with Crippen molar-refractivity contribution in [3.8, 4) is 0 Å². The van der Waals surface area contributed by atoms with Gasteiger partial charge in [0.1, 0.15) is 5.82 Å². The van der Waals surface area contributed by atoms with Crippen LogP contribution >= 0.6 is 0 Å². The average molecular weight is 297 g/mol. The minimum absolute atomic E-state index is 0.172. The number of nitro benzene ring substituents is 1. The first-order valence-corrected chi connectivity index (χ1v) is 6.50. The zero-order chi connectivity index (χ0) is 15.4. The molecule has 8 heteroatoms. The second-order valence-corrected chi connectivity index (χ2v) is 4.80. The summed E-state index contributed by atoms with van der Waals surface area (Å²) < 4.78 is 19.2. The standard InChI is InChI=1S/C13H16FN3O4/c1-16(8-10-7-15-4-5-21-10)13(18)11-6-9(17(19)20)2-3-12(11)14/h2-3,6,10,15H,4-5,7-8H2,1H3. The summed E-state index contributed by atoms with van der Waals surface area (Å²) in [5.74, 6) is -1.38. The number of ether oxygens (including phenoxy) is 1. The van der Waals surface area contributed by atoms with Crippen molar-refractivity contribution in [2.75, 3.05) is 33.3 Å². The average Bonchev–Trinajstić information content (AvgIpc) is 2.47. The van der Waals surface area contributed by atoms with E-state index < -0.39 is 16.6 Å². The molecule has 0 bridgehead atoms. The molecule has 0 radical (unpaired) electrons. The second kappa shape index (κ2) is 6.59. The quantitative estimate of drug-likeness (QED) is 0.656. The van der Waals surface area contributed by atoms with Gasteiger partial charge in [0.05, 0.1) is 23.2 Å². The molecule has 1 saturated heterocycles. The SMILES string of the molecule is CN(CC1CNCCO1)C(=O)c1cc([N+](=O)[O-])ccc1F. The minimum atomic E-state index is -0.778. The maximum absolute atomic E-state index is 13.7. The van der Waals surface area contributed by atoms with Crippen LogP contribution in [-0.2, 0) is 4.74 Å². The van der Waals surface area contributed by atoms with Crippen molar-refractivity contribution in [2.24, 2.45) is 0 Å². The predicted octanol–water partition coefficient (Wildman–Crippen LogP) is 0.794. The molecule has 1 N–H and O–H groups in total.